The number of fused-ring (bicyclic) bond motifs is 1. The summed E-state index contributed by atoms with van der Waals surface area (Å²) in [5, 5.41) is 7.21. The summed E-state index contributed by atoms with van der Waals surface area (Å²) in [5.74, 6) is -0.867. The van der Waals surface area contributed by atoms with E-state index in [4.69, 9.17) is 28.9 Å². The molecule has 0 aliphatic rings. The van der Waals surface area contributed by atoms with Gasteiger partial charge in [0.1, 0.15) is 12.3 Å². The summed E-state index contributed by atoms with van der Waals surface area (Å²) >= 11 is 12.3. The average molecular weight is 517 g/mol. The van der Waals surface area contributed by atoms with Crippen LogP contribution in [0.4, 0.5) is 0 Å². The quantitative estimate of drug-likeness (QED) is 0.272. The number of rotatable bonds is 12. The minimum absolute atomic E-state index is 0.184. The number of hydrogen-bond donors (Lipinski definition) is 4. The van der Waals surface area contributed by atoms with Crippen molar-refractivity contribution in [1.29, 1.82) is 0 Å². The van der Waals surface area contributed by atoms with Crippen molar-refractivity contribution in [3.63, 3.8) is 0 Å². The number of halogens is 2. The first-order valence-electron chi connectivity index (χ1n) is 11.6. The Hall–Kier alpha value is -2.87. The van der Waals surface area contributed by atoms with Gasteiger partial charge >= 0.3 is 0 Å². The number of hydrogen-bond acceptors (Lipinski definition) is 4. The van der Waals surface area contributed by atoms with Gasteiger partial charge in [-0.05, 0) is 36.1 Å². The summed E-state index contributed by atoms with van der Waals surface area (Å²) in [6, 6.07) is 10.4. The third kappa shape index (κ3) is 7.07. The van der Waals surface area contributed by atoms with Crippen LogP contribution in [0.15, 0.2) is 48.7 Å². The molecule has 35 heavy (non-hydrogen) atoms. The lowest BCUT2D eigenvalue weighted by Gasteiger charge is -2.22. The van der Waals surface area contributed by atoms with Crippen LogP contribution in [0.25, 0.3) is 10.9 Å². The number of aromatic nitrogens is 1. The molecule has 1 aromatic heterocycles. The zero-order chi connectivity index (χ0) is 25.4. The Morgan fingerprint density at radius 3 is 2.54 bits per heavy atom. The van der Waals surface area contributed by atoms with Gasteiger partial charge in [0.2, 0.25) is 11.8 Å². The minimum atomic E-state index is -0.835. The van der Waals surface area contributed by atoms with Crippen molar-refractivity contribution in [2.75, 3.05) is 0 Å². The van der Waals surface area contributed by atoms with Crippen LogP contribution < -0.4 is 16.4 Å². The van der Waals surface area contributed by atoms with Crippen molar-refractivity contribution in [2.24, 2.45) is 5.73 Å². The topological polar surface area (TPSA) is 117 Å². The third-order valence-electron chi connectivity index (χ3n) is 5.89. The molecule has 2 aromatic carbocycles. The highest BCUT2D eigenvalue weighted by molar-refractivity contribution is 6.42. The molecule has 9 heteroatoms. The standard InChI is InChI=1S/C26H30Cl2N4O3/c1-2-3-10-23(26(35)31-18(15-33)12-16-7-6-9-20(27)24(16)28)32-25(34)21(29)13-17-14-30-22-11-5-4-8-19(17)22/h4-9,11,14-15,18,21,23,30H,2-3,10,12-13,29H2,1H3,(H,31,35)(H,32,34)/t18-,21-,23-/m0/s1. The van der Waals surface area contributed by atoms with Gasteiger partial charge in [-0.1, -0.05) is 73.3 Å². The first kappa shape index (κ1) is 26.7. The van der Waals surface area contributed by atoms with Gasteiger partial charge < -0.3 is 26.1 Å². The Kier molecular flexibility index (Phi) is 9.72. The molecular formula is C26H30Cl2N4O3. The number of nitrogens with two attached hydrogens (primary N) is 1. The highest BCUT2D eigenvalue weighted by Gasteiger charge is 2.26. The fourth-order valence-corrected chi connectivity index (χ4v) is 4.34. The molecule has 0 spiro atoms. The van der Waals surface area contributed by atoms with Gasteiger partial charge in [-0.15, -0.1) is 0 Å². The Morgan fingerprint density at radius 2 is 1.80 bits per heavy atom. The molecule has 3 rings (SSSR count). The van der Waals surface area contributed by atoms with Crippen LogP contribution >= 0.6 is 23.2 Å². The predicted octanol–water partition coefficient (Wildman–Crippen LogP) is 3.95. The second-order valence-corrected chi connectivity index (χ2v) is 9.33. The lowest BCUT2D eigenvalue weighted by molar-refractivity contribution is -0.130. The van der Waals surface area contributed by atoms with Crippen LogP contribution in [0.2, 0.25) is 10.0 Å². The smallest absolute Gasteiger partial charge is 0.243 e. The van der Waals surface area contributed by atoms with Crippen molar-refractivity contribution in [3.05, 3.63) is 69.8 Å². The molecule has 0 fully saturated rings. The van der Waals surface area contributed by atoms with Crippen LogP contribution in [0, 0.1) is 0 Å². The number of amides is 2. The van der Waals surface area contributed by atoms with Crippen LogP contribution in [0.1, 0.15) is 37.3 Å². The molecule has 5 N–H and O–H groups in total. The van der Waals surface area contributed by atoms with E-state index in [1.807, 2.05) is 37.4 Å². The van der Waals surface area contributed by atoms with Gasteiger partial charge in [-0.25, -0.2) is 0 Å². The van der Waals surface area contributed by atoms with E-state index in [-0.39, 0.29) is 6.42 Å². The molecular weight excluding hydrogens is 487 g/mol. The van der Waals surface area contributed by atoms with Gasteiger partial charge in [-0.3, -0.25) is 9.59 Å². The maximum absolute atomic E-state index is 13.0. The molecule has 2 amide bonds. The largest absolute Gasteiger partial charge is 0.361 e. The maximum Gasteiger partial charge on any atom is 0.243 e. The molecule has 0 aliphatic heterocycles. The second kappa shape index (κ2) is 12.7. The number of aldehydes is 1. The molecule has 3 aromatic rings. The number of nitrogens with one attached hydrogen (secondary N) is 3. The van der Waals surface area contributed by atoms with Crippen LogP contribution in [0.3, 0.4) is 0 Å². The number of benzene rings is 2. The SMILES string of the molecule is CCCC[C@H](NC(=O)[C@@H](N)Cc1c[nH]c2ccccc12)C(=O)N[C@H](C=O)Cc1cccc(Cl)c1Cl. The lowest BCUT2D eigenvalue weighted by atomic mass is 10.0. The Labute approximate surface area is 214 Å². The number of carbonyl (C=O) groups is 3. The Bertz CT molecular complexity index is 1180. The zero-order valence-corrected chi connectivity index (χ0v) is 21.0. The van der Waals surface area contributed by atoms with Crippen molar-refractivity contribution >= 4 is 52.2 Å². The van der Waals surface area contributed by atoms with Crippen molar-refractivity contribution in [2.45, 2.75) is 57.2 Å². The maximum atomic E-state index is 13.0. The zero-order valence-electron chi connectivity index (χ0n) is 19.5. The number of carbonyl (C=O) groups excluding carboxylic acids is 3. The van der Waals surface area contributed by atoms with E-state index in [1.54, 1.807) is 18.2 Å². The molecule has 7 nitrogen and oxygen atoms in total. The van der Waals surface area contributed by atoms with Crippen LogP contribution in [-0.4, -0.2) is 41.2 Å². The summed E-state index contributed by atoms with van der Waals surface area (Å²) in [5.41, 5.74) is 8.74. The summed E-state index contributed by atoms with van der Waals surface area (Å²) in [4.78, 5) is 40.8. The Balaban J connectivity index is 1.65. The average Bonchev–Trinajstić information content (AvgIpc) is 3.26. The molecule has 0 unspecified atom stereocenters. The normalized spacial score (nSPS) is 13.7. The van der Waals surface area contributed by atoms with E-state index in [0.717, 1.165) is 29.3 Å². The van der Waals surface area contributed by atoms with E-state index in [9.17, 15) is 14.4 Å². The van der Waals surface area contributed by atoms with Crippen molar-refractivity contribution < 1.29 is 14.4 Å². The fraction of sp³-hybridized carbons (Fsp3) is 0.346. The van der Waals surface area contributed by atoms with Gasteiger partial charge in [-0.2, -0.15) is 0 Å². The first-order chi connectivity index (χ1) is 16.8. The molecule has 0 saturated carbocycles. The number of H-pyrrole nitrogens is 1. The van der Waals surface area contributed by atoms with E-state index < -0.39 is 29.9 Å². The molecule has 0 radical (unpaired) electrons. The van der Waals surface area contributed by atoms with Gasteiger partial charge in [0.15, 0.2) is 0 Å². The van der Waals surface area contributed by atoms with E-state index in [2.05, 4.69) is 15.6 Å². The number of aromatic amines is 1. The fourth-order valence-electron chi connectivity index (χ4n) is 3.95. The lowest BCUT2D eigenvalue weighted by Crippen LogP contribution is -2.54. The van der Waals surface area contributed by atoms with E-state index in [0.29, 0.717) is 34.7 Å². The van der Waals surface area contributed by atoms with Gasteiger partial charge in [0.25, 0.3) is 0 Å². The van der Waals surface area contributed by atoms with Crippen molar-refractivity contribution in [3.8, 4) is 0 Å². The third-order valence-corrected chi connectivity index (χ3v) is 6.75. The molecule has 1 heterocycles. The van der Waals surface area contributed by atoms with Crippen molar-refractivity contribution in [1.82, 2.24) is 15.6 Å². The van der Waals surface area contributed by atoms with Gasteiger partial charge in [0.05, 0.1) is 22.1 Å². The second-order valence-electron chi connectivity index (χ2n) is 8.54. The van der Waals surface area contributed by atoms with Gasteiger partial charge in [0, 0.05) is 23.5 Å². The summed E-state index contributed by atoms with van der Waals surface area (Å²) < 4.78 is 0. The van der Waals surface area contributed by atoms with Crippen LogP contribution in [-0.2, 0) is 27.2 Å². The van der Waals surface area contributed by atoms with E-state index >= 15 is 0 Å². The Morgan fingerprint density at radius 1 is 1.03 bits per heavy atom. The molecule has 186 valence electrons. The number of unbranched alkanes of at least 4 members (excludes halogenated alkanes) is 1. The highest BCUT2D eigenvalue weighted by Crippen LogP contribution is 2.26. The summed E-state index contributed by atoms with van der Waals surface area (Å²) in [7, 11) is 0. The highest BCUT2D eigenvalue weighted by atomic mass is 35.5. The molecule has 0 aliphatic carbocycles. The molecule has 3 atom stereocenters. The molecule has 0 bridgehead atoms. The van der Waals surface area contributed by atoms with E-state index in [1.165, 1.54) is 0 Å². The molecule has 0 saturated heterocycles. The predicted molar refractivity (Wildman–Crippen MR) is 140 cm³/mol. The summed E-state index contributed by atoms with van der Waals surface area (Å²) in [6.45, 7) is 1.99. The first-order valence-corrected chi connectivity index (χ1v) is 12.4. The van der Waals surface area contributed by atoms with Crippen LogP contribution in [0.5, 0.6) is 0 Å². The number of para-hydroxylation sites is 1. The summed E-state index contributed by atoms with van der Waals surface area (Å²) in [6.07, 6.45) is 4.99. The monoisotopic (exact) mass is 516 g/mol. The minimum Gasteiger partial charge on any atom is -0.361 e.